The van der Waals surface area contributed by atoms with E-state index in [1.807, 2.05) is 0 Å². The number of piperidine rings is 1. The number of hydrogen-bond donors (Lipinski definition) is 2. The van der Waals surface area contributed by atoms with E-state index in [-0.39, 0.29) is 17.8 Å². The molecule has 8 heteroatoms. The Kier molecular flexibility index (Phi) is 5.66. The monoisotopic (exact) mass is 345 g/mol. The highest BCUT2D eigenvalue weighted by molar-refractivity contribution is 7.89. The van der Waals surface area contributed by atoms with E-state index in [1.54, 1.807) is 36.1 Å². The van der Waals surface area contributed by atoms with E-state index < -0.39 is 10.0 Å². The van der Waals surface area contributed by atoms with Crippen LogP contribution >= 0.6 is 11.6 Å². The summed E-state index contributed by atoms with van der Waals surface area (Å²) in [6.07, 6.45) is 1.24. The molecule has 0 radical (unpaired) electrons. The van der Waals surface area contributed by atoms with Crippen LogP contribution in [-0.4, -0.2) is 44.2 Å². The van der Waals surface area contributed by atoms with Crippen molar-refractivity contribution in [2.45, 2.75) is 25.8 Å². The predicted molar refractivity (Wildman–Crippen MR) is 87.7 cm³/mol. The third kappa shape index (κ3) is 4.86. The van der Waals surface area contributed by atoms with E-state index in [0.29, 0.717) is 36.6 Å². The van der Waals surface area contributed by atoms with E-state index in [1.165, 1.54) is 0 Å². The van der Waals surface area contributed by atoms with Crippen LogP contribution in [0.5, 0.6) is 0 Å². The largest absolute Gasteiger partial charge is 0.324 e. The van der Waals surface area contributed by atoms with Crippen molar-refractivity contribution in [1.29, 1.82) is 0 Å². The molecule has 2 amide bonds. The van der Waals surface area contributed by atoms with Gasteiger partial charge in [0.05, 0.1) is 5.75 Å². The maximum atomic E-state index is 12.1. The lowest BCUT2D eigenvalue weighted by molar-refractivity contribution is 0.193. The molecule has 1 heterocycles. The number of likely N-dealkylation sites (tertiary alicyclic amines) is 1. The lowest BCUT2D eigenvalue weighted by Crippen LogP contribution is -2.47. The van der Waals surface area contributed by atoms with Gasteiger partial charge in [-0.15, -0.1) is 0 Å². The molecule has 1 aliphatic rings. The Bertz CT molecular complexity index is 611. The molecule has 0 bridgehead atoms. The van der Waals surface area contributed by atoms with Crippen molar-refractivity contribution in [2.24, 2.45) is 0 Å². The number of amides is 2. The smallest absolute Gasteiger partial charge is 0.321 e. The second kappa shape index (κ2) is 7.30. The summed E-state index contributed by atoms with van der Waals surface area (Å²) in [5, 5.41) is 3.42. The molecular weight excluding hydrogens is 326 g/mol. The highest BCUT2D eigenvalue weighted by Crippen LogP contribution is 2.16. The third-order valence-electron chi connectivity index (χ3n) is 3.60. The number of halogens is 1. The summed E-state index contributed by atoms with van der Waals surface area (Å²) < 4.78 is 25.7. The van der Waals surface area contributed by atoms with Crippen molar-refractivity contribution in [3.05, 3.63) is 29.3 Å². The summed E-state index contributed by atoms with van der Waals surface area (Å²) in [7, 11) is -3.19. The van der Waals surface area contributed by atoms with E-state index in [0.717, 1.165) is 0 Å². The van der Waals surface area contributed by atoms with Crippen LogP contribution in [0, 0.1) is 0 Å². The van der Waals surface area contributed by atoms with Gasteiger partial charge in [0.1, 0.15) is 0 Å². The Hall–Kier alpha value is -1.31. The van der Waals surface area contributed by atoms with Crippen LogP contribution in [0.1, 0.15) is 19.8 Å². The van der Waals surface area contributed by atoms with Crippen molar-refractivity contribution in [3.8, 4) is 0 Å². The average Bonchev–Trinajstić information content (AvgIpc) is 2.50. The molecule has 0 unspecified atom stereocenters. The highest BCUT2D eigenvalue weighted by Gasteiger charge is 2.25. The highest BCUT2D eigenvalue weighted by atomic mass is 35.5. The van der Waals surface area contributed by atoms with Crippen LogP contribution in [0.2, 0.25) is 5.02 Å². The first-order valence-electron chi connectivity index (χ1n) is 7.21. The second-order valence-electron chi connectivity index (χ2n) is 5.22. The number of hydrogen-bond acceptors (Lipinski definition) is 3. The Morgan fingerprint density at radius 3 is 2.41 bits per heavy atom. The molecule has 2 rings (SSSR count). The van der Waals surface area contributed by atoms with E-state index >= 15 is 0 Å². The fourth-order valence-corrected chi connectivity index (χ4v) is 3.31. The average molecular weight is 346 g/mol. The SMILES string of the molecule is CCS(=O)(=O)NC1CCN(C(=O)Nc2ccc(Cl)cc2)CC1. The zero-order valence-corrected chi connectivity index (χ0v) is 14.0. The van der Waals surface area contributed by atoms with Gasteiger partial charge >= 0.3 is 6.03 Å². The molecule has 0 spiro atoms. The topological polar surface area (TPSA) is 78.5 Å². The number of nitrogens with one attached hydrogen (secondary N) is 2. The molecular formula is C14H20ClN3O3S. The maximum absolute atomic E-state index is 12.1. The number of nitrogens with zero attached hydrogens (tertiary/aromatic N) is 1. The van der Waals surface area contributed by atoms with E-state index in [9.17, 15) is 13.2 Å². The summed E-state index contributed by atoms with van der Waals surface area (Å²) in [5.74, 6) is 0.0737. The first kappa shape index (κ1) is 17.1. The molecule has 1 aromatic carbocycles. The van der Waals surface area contributed by atoms with Gasteiger partial charge < -0.3 is 10.2 Å². The molecule has 6 nitrogen and oxygen atoms in total. The van der Waals surface area contributed by atoms with E-state index in [2.05, 4.69) is 10.0 Å². The summed E-state index contributed by atoms with van der Waals surface area (Å²) in [6, 6.07) is 6.62. The summed E-state index contributed by atoms with van der Waals surface area (Å²) in [6.45, 7) is 2.66. The third-order valence-corrected chi connectivity index (χ3v) is 5.31. The molecule has 0 atom stereocenters. The Balaban J connectivity index is 1.83. The minimum atomic E-state index is -3.19. The van der Waals surface area contributed by atoms with Gasteiger partial charge in [0.15, 0.2) is 0 Å². The number of benzene rings is 1. The van der Waals surface area contributed by atoms with Crippen LogP contribution in [-0.2, 0) is 10.0 Å². The normalized spacial score (nSPS) is 16.5. The molecule has 0 saturated carbocycles. The van der Waals surface area contributed by atoms with Gasteiger partial charge in [-0.25, -0.2) is 17.9 Å². The van der Waals surface area contributed by atoms with Crippen molar-refractivity contribution < 1.29 is 13.2 Å². The van der Waals surface area contributed by atoms with Crippen molar-refractivity contribution >= 4 is 33.3 Å². The van der Waals surface area contributed by atoms with Gasteiger partial charge in [-0.2, -0.15) is 0 Å². The molecule has 22 heavy (non-hydrogen) atoms. The number of urea groups is 1. The first-order chi connectivity index (χ1) is 10.4. The first-order valence-corrected chi connectivity index (χ1v) is 9.24. The van der Waals surface area contributed by atoms with Gasteiger partial charge in [-0.05, 0) is 44.0 Å². The Morgan fingerprint density at radius 2 is 1.86 bits per heavy atom. The predicted octanol–water partition coefficient (Wildman–Crippen LogP) is 2.28. The summed E-state index contributed by atoms with van der Waals surface area (Å²) >= 11 is 5.80. The summed E-state index contributed by atoms with van der Waals surface area (Å²) in [4.78, 5) is 13.8. The zero-order valence-electron chi connectivity index (χ0n) is 12.4. The number of sulfonamides is 1. The minimum absolute atomic E-state index is 0.0737. The molecule has 122 valence electrons. The number of rotatable bonds is 4. The van der Waals surface area contributed by atoms with Crippen molar-refractivity contribution in [3.63, 3.8) is 0 Å². The van der Waals surface area contributed by atoms with Crippen LogP contribution in [0.4, 0.5) is 10.5 Å². The van der Waals surface area contributed by atoms with Crippen LogP contribution in [0.15, 0.2) is 24.3 Å². The van der Waals surface area contributed by atoms with Gasteiger partial charge in [0.2, 0.25) is 10.0 Å². The zero-order chi connectivity index (χ0) is 16.2. The molecule has 2 N–H and O–H groups in total. The molecule has 1 saturated heterocycles. The van der Waals surface area contributed by atoms with Crippen LogP contribution < -0.4 is 10.0 Å². The second-order valence-corrected chi connectivity index (χ2v) is 7.70. The van der Waals surface area contributed by atoms with Gasteiger partial charge in [-0.1, -0.05) is 11.6 Å². The standard InChI is InChI=1S/C14H20ClN3O3S/c1-2-22(20,21)17-13-7-9-18(10-8-13)14(19)16-12-5-3-11(15)4-6-12/h3-6,13,17H,2,7-10H2,1H3,(H,16,19). The van der Waals surface area contributed by atoms with Gasteiger partial charge in [0, 0.05) is 29.8 Å². The fourth-order valence-electron chi connectivity index (χ4n) is 2.27. The number of anilines is 1. The van der Waals surface area contributed by atoms with Gasteiger partial charge in [-0.3, -0.25) is 0 Å². The minimum Gasteiger partial charge on any atom is -0.324 e. The molecule has 1 aromatic rings. The Labute approximate surface area is 135 Å². The fraction of sp³-hybridized carbons (Fsp3) is 0.500. The van der Waals surface area contributed by atoms with E-state index in [4.69, 9.17) is 11.6 Å². The maximum Gasteiger partial charge on any atom is 0.321 e. The van der Waals surface area contributed by atoms with Crippen LogP contribution in [0.3, 0.4) is 0 Å². The lowest BCUT2D eigenvalue weighted by atomic mass is 10.1. The van der Waals surface area contributed by atoms with Crippen molar-refractivity contribution in [2.75, 3.05) is 24.2 Å². The number of carbonyl (C=O) groups is 1. The summed E-state index contributed by atoms with van der Waals surface area (Å²) in [5.41, 5.74) is 0.684. The number of carbonyl (C=O) groups excluding carboxylic acids is 1. The molecule has 1 aliphatic heterocycles. The lowest BCUT2D eigenvalue weighted by Gasteiger charge is -2.32. The van der Waals surface area contributed by atoms with Crippen molar-refractivity contribution in [1.82, 2.24) is 9.62 Å². The Morgan fingerprint density at radius 1 is 1.27 bits per heavy atom. The quantitative estimate of drug-likeness (QED) is 0.878. The molecule has 0 aromatic heterocycles. The van der Waals surface area contributed by atoms with Gasteiger partial charge in [0.25, 0.3) is 0 Å². The molecule has 0 aliphatic carbocycles. The molecule has 1 fully saturated rings. The van der Waals surface area contributed by atoms with Crippen LogP contribution in [0.25, 0.3) is 0 Å².